The Labute approximate surface area is 160 Å². The molecule has 0 saturated carbocycles. The Bertz CT molecular complexity index is 613. The Balaban J connectivity index is 2.02. The molecule has 0 aromatic heterocycles. The Morgan fingerprint density at radius 2 is 1.88 bits per heavy atom. The minimum Gasteiger partial charge on any atom is -0.366 e. The molecule has 0 aliphatic heterocycles. The van der Waals surface area contributed by atoms with Crippen molar-refractivity contribution in [2.75, 3.05) is 16.8 Å². The molecule has 130 valence electrons. The zero-order chi connectivity index (χ0) is 17.2. The Hall–Kier alpha value is -0.550. The standard InChI is InChI=1S/C20H26OS3/c1-16(2)12-23-15-24-13-19-7-3-4-9-20(19)18-8-5-6-17(10-18)11-21-14-22/h3-10,16,22H,11-15H2,1-2H3. The van der Waals surface area contributed by atoms with Crippen molar-refractivity contribution in [3.63, 3.8) is 0 Å². The number of thiol groups is 1. The van der Waals surface area contributed by atoms with Gasteiger partial charge in [0.2, 0.25) is 0 Å². The third-order valence-electron chi connectivity index (χ3n) is 3.49. The predicted molar refractivity (Wildman–Crippen MR) is 114 cm³/mol. The van der Waals surface area contributed by atoms with Crippen LogP contribution in [0.3, 0.4) is 0 Å². The smallest absolute Gasteiger partial charge is 0.0897 e. The second-order valence-corrected chi connectivity index (χ2v) is 8.71. The van der Waals surface area contributed by atoms with Crippen molar-refractivity contribution in [3.8, 4) is 11.1 Å². The summed E-state index contributed by atoms with van der Waals surface area (Å²) in [5.74, 6) is 3.51. The highest BCUT2D eigenvalue weighted by Gasteiger charge is 2.06. The van der Waals surface area contributed by atoms with E-state index in [1.807, 2.05) is 23.5 Å². The fourth-order valence-corrected chi connectivity index (χ4v) is 4.64. The summed E-state index contributed by atoms with van der Waals surface area (Å²) in [5.41, 5.74) is 5.18. The quantitative estimate of drug-likeness (QED) is 0.294. The van der Waals surface area contributed by atoms with Gasteiger partial charge < -0.3 is 4.74 Å². The topological polar surface area (TPSA) is 9.23 Å². The molecular formula is C20H26OS3. The van der Waals surface area contributed by atoms with Crippen LogP contribution in [0, 0.1) is 5.92 Å². The van der Waals surface area contributed by atoms with E-state index in [-0.39, 0.29) is 0 Å². The van der Waals surface area contributed by atoms with E-state index in [1.165, 1.54) is 28.0 Å². The summed E-state index contributed by atoms with van der Waals surface area (Å²) in [4.78, 5) is 0. The molecule has 0 saturated heterocycles. The second kappa shape index (κ2) is 11.1. The van der Waals surface area contributed by atoms with Crippen LogP contribution in [0.2, 0.25) is 0 Å². The van der Waals surface area contributed by atoms with Crippen molar-refractivity contribution in [2.24, 2.45) is 5.92 Å². The largest absolute Gasteiger partial charge is 0.366 e. The predicted octanol–water partition coefficient (Wildman–Crippen LogP) is 6.34. The van der Waals surface area contributed by atoms with Crippen LogP contribution in [0.5, 0.6) is 0 Å². The molecule has 0 atom stereocenters. The lowest BCUT2D eigenvalue weighted by molar-refractivity contribution is 0.170. The maximum Gasteiger partial charge on any atom is 0.0897 e. The van der Waals surface area contributed by atoms with E-state index in [1.54, 1.807) is 0 Å². The van der Waals surface area contributed by atoms with Crippen molar-refractivity contribution in [3.05, 3.63) is 59.7 Å². The van der Waals surface area contributed by atoms with Crippen LogP contribution in [0.25, 0.3) is 11.1 Å². The molecule has 0 bridgehead atoms. The molecule has 1 nitrogen and oxygen atoms in total. The molecule has 24 heavy (non-hydrogen) atoms. The van der Waals surface area contributed by atoms with Crippen molar-refractivity contribution in [1.82, 2.24) is 0 Å². The number of hydrogen-bond donors (Lipinski definition) is 1. The maximum absolute atomic E-state index is 5.41. The van der Waals surface area contributed by atoms with E-state index in [4.69, 9.17) is 4.74 Å². The van der Waals surface area contributed by atoms with Crippen LogP contribution in [0.15, 0.2) is 48.5 Å². The molecule has 0 N–H and O–H groups in total. The van der Waals surface area contributed by atoms with Crippen molar-refractivity contribution in [2.45, 2.75) is 26.2 Å². The highest BCUT2D eigenvalue weighted by atomic mass is 32.2. The summed E-state index contributed by atoms with van der Waals surface area (Å²) in [6.45, 7) is 5.16. The first-order valence-corrected chi connectivity index (χ1v) is 11.2. The molecule has 0 spiro atoms. The summed E-state index contributed by atoms with van der Waals surface area (Å²) in [6.07, 6.45) is 0. The van der Waals surface area contributed by atoms with Gasteiger partial charge in [0.15, 0.2) is 0 Å². The van der Waals surface area contributed by atoms with Gasteiger partial charge in [-0.2, -0.15) is 24.4 Å². The molecule has 4 heteroatoms. The van der Waals surface area contributed by atoms with Gasteiger partial charge in [0, 0.05) is 10.8 Å². The second-order valence-electron chi connectivity index (χ2n) is 6.07. The third-order valence-corrected chi connectivity index (χ3v) is 6.42. The number of rotatable bonds is 10. The molecule has 2 rings (SSSR count). The van der Waals surface area contributed by atoms with E-state index in [9.17, 15) is 0 Å². The summed E-state index contributed by atoms with van der Waals surface area (Å²) < 4.78 is 5.41. The Morgan fingerprint density at radius 1 is 1.04 bits per heavy atom. The third kappa shape index (κ3) is 6.75. The minimum absolute atomic E-state index is 0.450. The van der Waals surface area contributed by atoms with Gasteiger partial charge in [-0.15, -0.1) is 11.8 Å². The van der Waals surface area contributed by atoms with Gasteiger partial charge in [-0.25, -0.2) is 0 Å². The van der Waals surface area contributed by atoms with Gasteiger partial charge in [0.25, 0.3) is 0 Å². The zero-order valence-corrected chi connectivity index (χ0v) is 16.9. The van der Waals surface area contributed by atoms with Crippen LogP contribution in [0.1, 0.15) is 25.0 Å². The zero-order valence-electron chi connectivity index (χ0n) is 14.4. The summed E-state index contributed by atoms with van der Waals surface area (Å²) in [7, 11) is 0. The van der Waals surface area contributed by atoms with Gasteiger partial charge in [-0.05, 0) is 40.0 Å². The van der Waals surface area contributed by atoms with E-state index in [0.717, 1.165) is 16.8 Å². The molecule has 0 aliphatic carbocycles. The lowest BCUT2D eigenvalue weighted by Gasteiger charge is -2.11. The van der Waals surface area contributed by atoms with Crippen molar-refractivity contribution >= 4 is 36.2 Å². The summed E-state index contributed by atoms with van der Waals surface area (Å²) >= 11 is 8.14. The van der Waals surface area contributed by atoms with E-state index in [2.05, 4.69) is 75.0 Å². The van der Waals surface area contributed by atoms with Crippen molar-refractivity contribution < 1.29 is 4.74 Å². The first-order valence-electron chi connectivity index (χ1n) is 8.22. The average Bonchev–Trinajstić information content (AvgIpc) is 2.60. The van der Waals surface area contributed by atoms with E-state index >= 15 is 0 Å². The first kappa shape index (κ1) is 19.8. The normalized spacial score (nSPS) is 11.2. The molecule has 2 aromatic carbocycles. The van der Waals surface area contributed by atoms with Gasteiger partial charge in [0.1, 0.15) is 0 Å². The Morgan fingerprint density at radius 3 is 2.67 bits per heavy atom. The van der Waals surface area contributed by atoms with Gasteiger partial charge in [0.05, 0.1) is 12.5 Å². The fourth-order valence-electron chi connectivity index (χ4n) is 2.41. The lowest BCUT2D eigenvalue weighted by atomic mass is 9.99. The van der Waals surface area contributed by atoms with Gasteiger partial charge in [-0.3, -0.25) is 0 Å². The maximum atomic E-state index is 5.41. The number of ether oxygens (including phenoxy) is 1. The summed E-state index contributed by atoms with van der Waals surface area (Å²) in [5, 5.41) is 1.16. The minimum atomic E-state index is 0.450. The van der Waals surface area contributed by atoms with E-state index < -0.39 is 0 Å². The lowest BCUT2D eigenvalue weighted by Crippen LogP contribution is -1.93. The molecule has 0 aliphatic rings. The van der Waals surface area contributed by atoms with Crippen LogP contribution in [-0.2, 0) is 17.1 Å². The van der Waals surface area contributed by atoms with Crippen LogP contribution >= 0.6 is 36.2 Å². The number of thioether (sulfide) groups is 2. The fraction of sp³-hybridized carbons (Fsp3) is 0.400. The molecular weight excluding hydrogens is 352 g/mol. The van der Waals surface area contributed by atoms with E-state index in [0.29, 0.717) is 12.5 Å². The van der Waals surface area contributed by atoms with Gasteiger partial charge in [-0.1, -0.05) is 56.3 Å². The highest BCUT2D eigenvalue weighted by molar-refractivity contribution is 8.15. The van der Waals surface area contributed by atoms with Gasteiger partial charge >= 0.3 is 0 Å². The molecule has 2 aromatic rings. The number of benzene rings is 2. The molecule has 0 heterocycles. The molecule has 0 amide bonds. The highest BCUT2D eigenvalue weighted by Crippen LogP contribution is 2.29. The van der Waals surface area contributed by atoms with Crippen LogP contribution in [-0.4, -0.2) is 16.8 Å². The average molecular weight is 379 g/mol. The first-order chi connectivity index (χ1) is 11.7. The van der Waals surface area contributed by atoms with Crippen molar-refractivity contribution in [1.29, 1.82) is 0 Å². The number of hydrogen-bond acceptors (Lipinski definition) is 4. The molecule has 0 radical (unpaired) electrons. The molecule has 0 unspecified atom stereocenters. The SMILES string of the molecule is CC(C)CSCSCc1ccccc1-c1cccc(COCS)c1. The van der Waals surface area contributed by atoms with Crippen LogP contribution in [0.4, 0.5) is 0 Å². The summed E-state index contributed by atoms with van der Waals surface area (Å²) in [6, 6.07) is 17.3. The Kier molecular flexibility index (Phi) is 9.18. The molecule has 0 fully saturated rings. The monoisotopic (exact) mass is 378 g/mol. The van der Waals surface area contributed by atoms with Crippen LogP contribution < -0.4 is 0 Å².